The first-order valence-corrected chi connectivity index (χ1v) is 9.48. The smallest absolute Gasteiger partial charge is 0.200 e. The summed E-state index contributed by atoms with van der Waals surface area (Å²) < 4.78 is 13.3. The van der Waals surface area contributed by atoms with Crippen LogP contribution in [0.1, 0.15) is 25.8 Å². The average Bonchev–Trinajstić information content (AvgIpc) is 2.93. The third kappa shape index (κ3) is 3.59. The van der Waals surface area contributed by atoms with Crippen molar-refractivity contribution in [2.75, 3.05) is 26.2 Å². The van der Waals surface area contributed by atoms with Crippen LogP contribution in [0.4, 0.5) is 4.39 Å². The Morgan fingerprint density at radius 2 is 2.04 bits per heavy atom. The second-order valence-corrected chi connectivity index (χ2v) is 6.96. The van der Waals surface area contributed by atoms with Crippen molar-refractivity contribution in [2.45, 2.75) is 26.3 Å². The SMILES string of the molecule is CCN1CCN(C2=CC(c3ccc(F)cc3)=NC3=C=CCC=NN32)C(C)C1. The normalized spacial score (nSPS) is 22.8. The van der Waals surface area contributed by atoms with Gasteiger partial charge in [0.15, 0.2) is 5.82 Å². The number of aliphatic imine (C=N–C) groups is 1. The highest BCUT2D eigenvalue weighted by molar-refractivity contribution is 6.10. The van der Waals surface area contributed by atoms with Crippen LogP contribution in [0.25, 0.3) is 0 Å². The molecule has 140 valence electrons. The zero-order chi connectivity index (χ0) is 18.8. The molecule has 0 amide bonds. The minimum atomic E-state index is -0.247. The summed E-state index contributed by atoms with van der Waals surface area (Å²) in [5.41, 5.74) is 4.94. The van der Waals surface area contributed by atoms with Gasteiger partial charge in [0.1, 0.15) is 11.6 Å². The molecule has 3 aliphatic heterocycles. The standard InChI is InChI=1S/C21H24FN5/c1-3-25-12-13-26(16(2)15-25)21-14-19(17-7-9-18(22)10-8-17)24-20-6-4-5-11-23-27(20)21/h4,7-11,14,16H,3,5,12-13,15H2,1-2H3. The number of piperazine rings is 1. The minimum absolute atomic E-state index is 0.247. The van der Waals surface area contributed by atoms with Gasteiger partial charge in [-0.05, 0) is 43.8 Å². The van der Waals surface area contributed by atoms with E-state index >= 15 is 0 Å². The molecule has 0 spiro atoms. The van der Waals surface area contributed by atoms with Gasteiger partial charge in [-0.1, -0.05) is 12.7 Å². The molecule has 4 rings (SSSR count). The highest BCUT2D eigenvalue weighted by Gasteiger charge is 2.31. The Balaban J connectivity index is 1.74. The fourth-order valence-electron chi connectivity index (χ4n) is 3.66. The summed E-state index contributed by atoms with van der Waals surface area (Å²) >= 11 is 0. The molecule has 3 aliphatic rings. The Bertz CT molecular complexity index is 861. The van der Waals surface area contributed by atoms with Crippen LogP contribution in [0.3, 0.4) is 0 Å². The van der Waals surface area contributed by atoms with E-state index in [2.05, 4.69) is 40.6 Å². The zero-order valence-electron chi connectivity index (χ0n) is 15.8. The predicted molar refractivity (Wildman–Crippen MR) is 106 cm³/mol. The molecule has 1 atom stereocenters. The van der Waals surface area contributed by atoms with Crippen LogP contribution in [0, 0.1) is 5.82 Å². The second kappa shape index (κ2) is 7.51. The molecular formula is C21H24FN5. The molecule has 5 nitrogen and oxygen atoms in total. The van der Waals surface area contributed by atoms with Gasteiger partial charge in [-0.3, -0.25) is 4.90 Å². The Morgan fingerprint density at radius 1 is 1.22 bits per heavy atom. The molecule has 3 heterocycles. The molecule has 27 heavy (non-hydrogen) atoms. The molecule has 0 N–H and O–H groups in total. The van der Waals surface area contributed by atoms with Crippen LogP contribution in [-0.2, 0) is 0 Å². The summed E-state index contributed by atoms with van der Waals surface area (Å²) in [4.78, 5) is 9.58. The van der Waals surface area contributed by atoms with E-state index in [0.717, 1.165) is 49.7 Å². The number of fused-ring (bicyclic) bond motifs is 1. The van der Waals surface area contributed by atoms with Crippen LogP contribution in [0.15, 0.2) is 63.9 Å². The van der Waals surface area contributed by atoms with Crippen molar-refractivity contribution in [1.29, 1.82) is 0 Å². The maximum Gasteiger partial charge on any atom is 0.200 e. The Morgan fingerprint density at radius 3 is 2.78 bits per heavy atom. The van der Waals surface area contributed by atoms with Gasteiger partial charge in [-0.25, -0.2) is 9.38 Å². The molecule has 1 unspecified atom stereocenters. The van der Waals surface area contributed by atoms with E-state index in [4.69, 9.17) is 4.99 Å². The molecule has 0 radical (unpaired) electrons. The van der Waals surface area contributed by atoms with Gasteiger partial charge in [0.25, 0.3) is 0 Å². The zero-order valence-corrected chi connectivity index (χ0v) is 15.8. The summed E-state index contributed by atoms with van der Waals surface area (Å²) in [5.74, 6) is 1.43. The summed E-state index contributed by atoms with van der Waals surface area (Å²) in [6.45, 7) is 8.48. The topological polar surface area (TPSA) is 34.4 Å². The number of hydrogen-bond acceptors (Lipinski definition) is 5. The van der Waals surface area contributed by atoms with Gasteiger partial charge in [0.05, 0.1) is 5.71 Å². The van der Waals surface area contributed by atoms with Crippen LogP contribution >= 0.6 is 0 Å². The van der Waals surface area contributed by atoms with Gasteiger partial charge in [0.2, 0.25) is 0 Å². The number of allylic oxidation sites excluding steroid dienone is 2. The Labute approximate surface area is 159 Å². The van der Waals surface area contributed by atoms with Crippen molar-refractivity contribution in [3.8, 4) is 0 Å². The average molecular weight is 365 g/mol. The third-order valence-corrected chi connectivity index (χ3v) is 5.15. The number of nitrogens with zero attached hydrogens (tertiary/aromatic N) is 5. The highest BCUT2D eigenvalue weighted by Crippen LogP contribution is 2.28. The summed E-state index contributed by atoms with van der Waals surface area (Å²) in [7, 11) is 0. The van der Waals surface area contributed by atoms with Crippen molar-refractivity contribution >= 4 is 11.9 Å². The van der Waals surface area contributed by atoms with Crippen molar-refractivity contribution in [1.82, 2.24) is 14.8 Å². The summed E-state index contributed by atoms with van der Waals surface area (Å²) in [6.07, 6.45) is 6.60. The van der Waals surface area contributed by atoms with Gasteiger partial charge < -0.3 is 4.90 Å². The van der Waals surface area contributed by atoms with Crippen molar-refractivity contribution < 1.29 is 4.39 Å². The van der Waals surface area contributed by atoms with Gasteiger partial charge >= 0.3 is 0 Å². The lowest BCUT2D eigenvalue weighted by Gasteiger charge is -2.44. The number of likely N-dealkylation sites (N-methyl/N-ethyl adjacent to an activating group) is 1. The van der Waals surface area contributed by atoms with Crippen molar-refractivity contribution in [3.05, 3.63) is 65.2 Å². The van der Waals surface area contributed by atoms with E-state index < -0.39 is 0 Å². The van der Waals surface area contributed by atoms with Crippen LogP contribution in [-0.4, -0.2) is 59.0 Å². The molecular weight excluding hydrogens is 341 g/mol. The van der Waals surface area contributed by atoms with Gasteiger partial charge in [-0.2, -0.15) is 10.1 Å². The molecule has 1 fully saturated rings. The summed E-state index contributed by atoms with van der Waals surface area (Å²) in [6, 6.07) is 6.83. The van der Waals surface area contributed by atoms with E-state index in [1.165, 1.54) is 12.1 Å². The first kappa shape index (κ1) is 17.7. The van der Waals surface area contributed by atoms with Gasteiger partial charge in [0, 0.05) is 50.0 Å². The maximum atomic E-state index is 13.3. The molecule has 0 bridgehead atoms. The van der Waals surface area contributed by atoms with E-state index in [1.807, 2.05) is 17.3 Å². The van der Waals surface area contributed by atoms with E-state index in [-0.39, 0.29) is 5.82 Å². The lowest BCUT2D eigenvalue weighted by Crippen LogP contribution is -2.53. The van der Waals surface area contributed by atoms with Crippen molar-refractivity contribution in [2.24, 2.45) is 10.1 Å². The fourth-order valence-corrected chi connectivity index (χ4v) is 3.66. The maximum absolute atomic E-state index is 13.3. The lowest BCUT2D eigenvalue weighted by molar-refractivity contribution is 0.0894. The molecule has 0 aliphatic carbocycles. The molecule has 6 heteroatoms. The molecule has 1 saturated heterocycles. The largest absolute Gasteiger partial charge is 0.351 e. The number of hydrogen-bond donors (Lipinski definition) is 0. The van der Waals surface area contributed by atoms with E-state index in [9.17, 15) is 4.39 Å². The molecule has 1 aromatic carbocycles. The quantitative estimate of drug-likeness (QED) is 0.772. The van der Waals surface area contributed by atoms with Crippen molar-refractivity contribution in [3.63, 3.8) is 0 Å². The fraction of sp³-hybridized carbons (Fsp3) is 0.381. The Hall–Kier alpha value is -2.69. The number of benzene rings is 1. The highest BCUT2D eigenvalue weighted by atomic mass is 19.1. The third-order valence-electron chi connectivity index (χ3n) is 5.15. The number of rotatable bonds is 3. The predicted octanol–water partition coefficient (Wildman–Crippen LogP) is 3.18. The summed E-state index contributed by atoms with van der Waals surface area (Å²) in [5, 5.41) is 6.47. The lowest BCUT2D eigenvalue weighted by atomic mass is 10.1. The molecule has 1 aromatic rings. The number of hydrazone groups is 1. The van der Waals surface area contributed by atoms with Crippen LogP contribution < -0.4 is 0 Å². The Kier molecular flexibility index (Phi) is 4.92. The van der Waals surface area contributed by atoms with Gasteiger partial charge in [-0.15, -0.1) is 0 Å². The monoisotopic (exact) mass is 365 g/mol. The first-order valence-electron chi connectivity index (χ1n) is 9.48. The minimum Gasteiger partial charge on any atom is -0.351 e. The molecule has 0 saturated carbocycles. The first-order chi connectivity index (χ1) is 13.2. The van der Waals surface area contributed by atoms with E-state index in [1.54, 1.807) is 12.1 Å². The van der Waals surface area contributed by atoms with E-state index in [0.29, 0.717) is 11.9 Å². The number of halogens is 1. The second-order valence-electron chi connectivity index (χ2n) is 6.96. The van der Waals surface area contributed by atoms with Crippen LogP contribution in [0.5, 0.6) is 0 Å². The molecule has 0 aromatic heterocycles. The van der Waals surface area contributed by atoms with Crippen LogP contribution in [0.2, 0.25) is 0 Å².